The number of carbonyl (C=O) groups excluding carboxylic acids is 1. The second kappa shape index (κ2) is 6.70. The van der Waals surface area contributed by atoms with Crippen molar-refractivity contribution in [2.75, 3.05) is 13.1 Å². The first-order valence-electron chi connectivity index (χ1n) is 7.65. The van der Waals surface area contributed by atoms with E-state index in [4.69, 9.17) is 5.73 Å². The largest absolute Gasteiger partial charge is 0.368 e. The lowest BCUT2D eigenvalue weighted by molar-refractivity contribution is -0.124. The summed E-state index contributed by atoms with van der Waals surface area (Å²) in [6.07, 6.45) is 5.49. The molecule has 6 heteroatoms. The van der Waals surface area contributed by atoms with E-state index in [1.807, 2.05) is 35.0 Å². The third-order valence-electron chi connectivity index (χ3n) is 4.21. The molecule has 3 rings (SSSR count). The second-order valence-electron chi connectivity index (χ2n) is 5.84. The van der Waals surface area contributed by atoms with Crippen molar-refractivity contribution in [2.45, 2.75) is 25.4 Å². The molecular weight excluding hydrogens is 278 g/mol. The zero-order valence-corrected chi connectivity index (χ0v) is 12.5. The number of amides is 1. The molecule has 2 N–H and O–H groups in total. The van der Waals surface area contributed by atoms with Crippen LogP contribution < -0.4 is 5.73 Å². The summed E-state index contributed by atoms with van der Waals surface area (Å²) >= 11 is 0. The lowest BCUT2D eigenvalue weighted by Crippen LogP contribution is -2.44. The fourth-order valence-electron chi connectivity index (χ4n) is 3.26. The van der Waals surface area contributed by atoms with E-state index in [0.717, 1.165) is 38.0 Å². The molecule has 1 aliphatic heterocycles. The Morgan fingerprint density at radius 2 is 2.18 bits per heavy atom. The Kier molecular flexibility index (Phi) is 4.48. The summed E-state index contributed by atoms with van der Waals surface area (Å²) in [5, 5.41) is 4.17. The number of benzene rings is 1. The van der Waals surface area contributed by atoms with E-state index in [9.17, 15) is 4.79 Å². The number of nitrogens with two attached hydrogens (primary N) is 1. The fourth-order valence-corrected chi connectivity index (χ4v) is 3.26. The van der Waals surface area contributed by atoms with Gasteiger partial charge in [-0.05, 0) is 30.9 Å². The van der Waals surface area contributed by atoms with Crippen molar-refractivity contribution in [2.24, 2.45) is 11.7 Å². The molecule has 0 spiro atoms. The Morgan fingerprint density at radius 1 is 1.36 bits per heavy atom. The highest BCUT2D eigenvalue weighted by atomic mass is 16.1. The minimum atomic E-state index is -0.347. The highest BCUT2D eigenvalue weighted by molar-refractivity contribution is 5.81. The van der Waals surface area contributed by atoms with Crippen LogP contribution in [0.2, 0.25) is 0 Å². The van der Waals surface area contributed by atoms with Gasteiger partial charge in [-0.1, -0.05) is 30.3 Å². The third-order valence-corrected chi connectivity index (χ3v) is 4.21. The molecule has 0 radical (unpaired) electrons. The summed E-state index contributed by atoms with van der Waals surface area (Å²) in [6, 6.07) is 9.43. The van der Waals surface area contributed by atoms with Crippen molar-refractivity contribution in [3.8, 4) is 0 Å². The molecule has 1 saturated heterocycles. The quantitative estimate of drug-likeness (QED) is 0.900. The maximum atomic E-state index is 12.0. The van der Waals surface area contributed by atoms with Gasteiger partial charge in [0.2, 0.25) is 5.91 Å². The first kappa shape index (κ1) is 14.7. The van der Waals surface area contributed by atoms with E-state index in [1.165, 1.54) is 0 Å². The Labute approximate surface area is 129 Å². The number of rotatable bonds is 5. The minimum absolute atomic E-state index is 0.285. The second-order valence-corrected chi connectivity index (χ2v) is 5.84. The van der Waals surface area contributed by atoms with E-state index in [0.29, 0.717) is 5.92 Å². The molecule has 1 fully saturated rings. The summed E-state index contributed by atoms with van der Waals surface area (Å²) in [6.45, 7) is 2.58. The SMILES string of the molecule is NC(=O)[C@@H](c1ccccc1)N1CCC[C@H](Cn2cncn2)C1. The van der Waals surface area contributed by atoms with Crippen LogP contribution in [0, 0.1) is 5.92 Å². The van der Waals surface area contributed by atoms with E-state index in [2.05, 4.69) is 15.0 Å². The molecule has 2 heterocycles. The zero-order valence-electron chi connectivity index (χ0n) is 12.5. The molecule has 0 unspecified atom stereocenters. The molecule has 2 atom stereocenters. The van der Waals surface area contributed by atoms with Crippen LogP contribution in [0.15, 0.2) is 43.0 Å². The number of likely N-dealkylation sites (tertiary alicyclic amines) is 1. The Hall–Kier alpha value is -2.21. The van der Waals surface area contributed by atoms with Gasteiger partial charge in [0.25, 0.3) is 0 Å². The highest BCUT2D eigenvalue weighted by Crippen LogP contribution is 2.27. The van der Waals surface area contributed by atoms with Crippen LogP contribution in [0.4, 0.5) is 0 Å². The molecule has 1 amide bonds. The average Bonchev–Trinajstić information content (AvgIpc) is 3.01. The van der Waals surface area contributed by atoms with Gasteiger partial charge in [0.05, 0.1) is 0 Å². The van der Waals surface area contributed by atoms with E-state index >= 15 is 0 Å². The maximum Gasteiger partial charge on any atom is 0.239 e. The van der Waals surface area contributed by atoms with Crippen LogP contribution in [-0.2, 0) is 11.3 Å². The normalized spacial score (nSPS) is 20.6. The summed E-state index contributed by atoms with van der Waals surface area (Å²) in [4.78, 5) is 18.2. The van der Waals surface area contributed by atoms with Gasteiger partial charge < -0.3 is 5.73 Å². The van der Waals surface area contributed by atoms with Crippen molar-refractivity contribution in [3.05, 3.63) is 48.5 Å². The van der Waals surface area contributed by atoms with Crippen LogP contribution in [0.5, 0.6) is 0 Å². The van der Waals surface area contributed by atoms with Crippen molar-refractivity contribution < 1.29 is 4.79 Å². The standard InChI is InChI=1S/C16H21N5O/c17-16(22)15(14-6-2-1-3-7-14)20-8-4-5-13(9-20)10-21-12-18-11-19-21/h1-3,6-7,11-13,15H,4-5,8-10H2,(H2,17,22)/t13-,15+/m0/s1. The number of hydrogen-bond acceptors (Lipinski definition) is 4. The number of primary amides is 1. The third kappa shape index (κ3) is 3.33. The molecule has 6 nitrogen and oxygen atoms in total. The molecule has 1 aromatic heterocycles. The first-order valence-corrected chi connectivity index (χ1v) is 7.65. The summed E-state index contributed by atoms with van der Waals surface area (Å²) in [7, 11) is 0. The van der Waals surface area contributed by atoms with Gasteiger partial charge in [-0.15, -0.1) is 0 Å². The highest BCUT2D eigenvalue weighted by Gasteiger charge is 2.30. The molecule has 0 aliphatic carbocycles. The molecule has 116 valence electrons. The summed E-state index contributed by atoms with van der Waals surface area (Å²) < 4.78 is 1.86. The smallest absolute Gasteiger partial charge is 0.239 e. The number of carbonyl (C=O) groups is 1. The fraction of sp³-hybridized carbons (Fsp3) is 0.438. The van der Waals surface area contributed by atoms with E-state index in [1.54, 1.807) is 12.7 Å². The van der Waals surface area contributed by atoms with Crippen LogP contribution >= 0.6 is 0 Å². The summed E-state index contributed by atoms with van der Waals surface area (Å²) in [5.74, 6) is 0.175. The monoisotopic (exact) mass is 299 g/mol. The number of piperidine rings is 1. The van der Waals surface area contributed by atoms with Crippen molar-refractivity contribution in [1.82, 2.24) is 19.7 Å². The predicted molar refractivity (Wildman–Crippen MR) is 82.7 cm³/mol. The number of hydrogen-bond donors (Lipinski definition) is 1. The molecule has 0 bridgehead atoms. The van der Waals surface area contributed by atoms with Gasteiger partial charge in [0.1, 0.15) is 18.7 Å². The Bertz CT molecular complexity index is 598. The maximum absolute atomic E-state index is 12.0. The molecule has 1 aliphatic rings. The van der Waals surface area contributed by atoms with Crippen LogP contribution in [-0.4, -0.2) is 38.7 Å². The van der Waals surface area contributed by atoms with Gasteiger partial charge in [0, 0.05) is 13.1 Å². The number of nitrogens with zero attached hydrogens (tertiary/aromatic N) is 4. The van der Waals surface area contributed by atoms with Gasteiger partial charge >= 0.3 is 0 Å². The average molecular weight is 299 g/mol. The molecule has 22 heavy (non-hydrogen) atoms. The van der Waals surface area contributed by atoms with Crippen molar-refractivity contribution in [1.29, 1.82) is 0 Å². The lowest BCUT2D eigenvalue weighted by Gasteiger charge is -2.37. The van der Waals surface area contributed by atoms with Gasteiger partial charge in [-0.25, -0.2) is 4.98 Å². The molecule has 1 aromatic carbocycles. The van der Waals surface area contributed by atoms with Gasteiger partial charge in [-0.3, -0.25) is 14.4 Å². The molecule has 0 saturated carbocycles. The van der Waals surface area contributed by atoms with Crippen LogP contribution in [0.1, 0.15) is 24.4 Å². The number of aromatic nitrogens is 3. The van der Waals surface area contributed by atoms with E-state index in [-0.39, 0.29) is 11.9 Å². The topological polar surface area (TPSA) is 77.0 Å². The van der Waals surface area contributed by atoms with Crippen molar-refractivity contribution >= 4 is 5.91 Å². The van der Waals surface area contributed by atoms with Crippen LogP contribution in [0.3, 0.4) is 0 Å². The minimum Gasteiger partial charge on any atom is -0.368 e. The Balaban J connectivity index is 1.73. The zero-order chi connectivity index (χ0) is 15.4. The Morgan fingerprint density at radius 3 is 2.86 bits per heavy atom. The lowest BCUT2D eigenvalue weighted by atomic mass is 9.94. The van der Waals surface area contributed by atoms with E-state index < -0.39 is 0 Å². The summed E-state index contributed by atoms with van der Waals surface area (Å²) in [5.41, 5.74) is 6.64. The van der Waals surface area contributed by atoms with Gasteiger partial charge in [-0.2, -0.15) is 5.10 Å². The van der Waals surface area contributed by atoms with Gasteiger partial charge in [0.15, 0.2) is 0 Å². The molecular formula is C16H21N5O. The first-order chi connectivity index (χ1) is 10.7. The predicted octanol–water partition coefficient (Wildman–Crippen LogP) is 1.22. The molecule has 2 aromatic rings. The van der Waals surface area contributed by atoms with Crippen LogP contribution in [0.25, 0.3) is 0 Å². The van der Waals surface area contributed by atoms with Crippen molar-refractivity contribution in [3.63, 3.8) is 0 Å².